The molecule has 216 valence electrons. The SMILES string of the molecule is CCC(C)C1NC(=O)COC(=O)C(C(C)CC)N(C)C(=O)COC(=O)C(C(C)CC)N(C)C(=O)COC1=O. The van der Waals surface area contributed by atoms with Crippen molar-refractivity contribution in [3.8, 4) is 0 Å². The molecule has 1 saturated heterocycles. The summed E-state index contributed by atoms with van der Waals surface area (Å²) in [5, 5.41) is 2.52. The molecular weight excluding hydrogens is 498 g/mol. The summed E-state index contributed by atoms with van der Waals surface area (Å²) in [4.78, 5) is 79.4. The van der Waals surface area contributed by atoms with Crippen molar-refractivity contribution in [3.63, 3.8) is 0 Å². The van der Waals surface area contributed by atoms with Gasteiger partial charge in [-0.05, 0) is 17.8 Å². The number of nitrogens with one attached hydrogen (secondary N) is 1. The number of esters is 3. The maximum absolute atomic E-state index is 13.0. The van der Waals surface area contributed by atoms with Crippen molar-refractivity contribution in [2.75, 3.05) is 33.9 Å². The van der Waals surface area contributed by atoms with E-state index in [1.54, 1.807) is 20.8 Å². The first-order valence-electron chi connectivity index (χ1n) is 13.1. The predicted molar refractivity (Wildman–Crippen MR) is 136 cm³/mol. The van der Waals surface area contributed by atoms with Crippen LogP contribution in [0.15, 0.2) is 0 Å². The molecule has 1 aliphatic rings. The topological polar surface area (TPSA) is 149 Å². The van der Waals surface area contributed by atoms with Crippen LogP contribution in [-0.4, -0.2) is 97.5 Å². The number of amides is 3. The second-order valence-electron chi connectivity index (χ2n) is 9.92. The Morgan fingerprint density at radius 3 is 1.42 bits per heavy atom. The maximum Gasteiger partial charge on any atom is 0.329 e. The molecule has 0 radical (unpaired) electrons. The van der Waals surface area contributed by atoms with Crippen molar-refractivity contribution >= 4 is 35.6 Å². The number of cyclic esters (lactones) is 3. The first-order chi connectivity index (χ1) is 17.8. The highest BCUT2D eigenvalue weighted by Crippen LogP contribution is 2.19. The molecule has 1 heterocycles. The van der Waals surface area contributed by atoms with Gasteiger partial charge in [-0.15, -0.1) is 0 Å². The zero-order valence-corrected chi connectivity index (χ0v) is 23.8. The molecule has 12 nitrogen and oxygen atoms in total. The fourth-order valence-electron chi connectivity index (χ4n) is 4.05. The quantitative estimate of drug-likeness (QED) is 0.382. The van der Waals surface area contributed by atoms with Gasteiger partial charge >= 0.3 is 17.9 Å². The lowest BCUT2D eigenvalue weighted by Gasteiger charge is -2.32. The fraction of sp³-hybridized carbons (Fsp3) is 0.769. The van der Waals surface area contributed by atoms with E-state index >= 15 is 0 Å². The molecule has 3 amide bonds. The summed E-state index contributed by atoms with van der Waals surface area (Å²) >= 11 is 0. The number of hydrogen-bond donors (Lipinski definition) is 1. The van der Waals surface area contributed by atoms with E-state index in [0.717, 1.165) is 9.80 Å². The van der Waals surface area contributed by atoms with Crippen molar-refractivity contribution in [1.29, 1.82) is 0 Å². The summed E-state index contributed by atoms with van der Waals surface area (Å²) in [6.45, 7) is 8.73. The smallest absolute Gasteiger partial charge is 0.329 e. The average Bonchev–Trinajstić information content (AvgIpc) is 2.90. The van der Waals surface area contributed by atoms with Gasteiger partial charge < -0.3 is 29.3 Å². The Balaban J connectivity index is 3.39. The molecule has 1 rings (SSSR count). The number of carbonyl (C=O) groups is 6. The van der Waals surface area contributed by atoms with Gasteiger partial charge in [0, 0.05) is 14.1 Å². The molecule has 1 N–H and O–H groups in total. The number of ether oxygens (including phenoxy) is 3. The molecule has 0 bridgehead atoms. The Labute approximate surface area is 224 Å². The third kappa shape index (κ3) is 8.70. The Kier molecular flexibility index (Phi) is 13.2. The third-order valence-electron chi connectivity index (χ3n) is 7.27. The molecule has 0 aromatic carbocycles. The fourth-order valence-corrected chi connectivity index (χ4v) is 4.05. The predicted octanol–water partition coefficient (Wildman–Crippen LogP) is 0.907. The summed E-state index contributed by atoms with van der Waals surface area (Å²) in [6.07, 6.45) is 1.56. The maximum atomic E-state index is 13.0. The van der Waals surface area contributed by atoms with Crippen LogP contribution in [-0.2, 0) is 43.0 Å². The Hall–Kier alpha value is -3.18. The van der Waals surface area contributed by atoms with Gasteiger partial charge in [0.15, 0.2) is 19.8 Å². The van der Waals surface area contributed by atoms with Crippen LogP contribution in [0.2, 0.25) is 0 Å². The highest BCUT2D eigenvalue weighted by atomic mass is 16.6. The molecular formula is C26H43N3O9. The molecule has 0 aromatic rings. The minimum atomic E-state index is -1.09. The molecule has 6 atom stereocenters. The summed E-state index contributed by atoms with van der Waals surface area (Å²) in [7, 11) is 2.78. The molecule has 0 aromatic heterocycles. The van der Waals surface area contributed by atoms with E-state index in [1.807, 2.05) is 20.8 Å². The van der Waals surface area contributed by atoms with Crippen LogP contribution >= 0.6 is 0 Å². The second kappa shape index (κ2) is 15.3. The van der Waals surface area contributed by atoms with Gasteiger partial charge in [-0.1, -0.05) is 60.8 Å². The van der Waals surface area contributed by atoms with E-state index in [1.165, 1.54) is 14.1 Å². The van der Waals surface area contributed by atoms with Crippen molar-refractivity contribution in [2.24, 2.45) is 17.8 Å². The van der Waals surface area contributed by atoms with Gasteiger partial charge in [0.05, 0.1) is 0 Å². The average molecular weight is 542 g/mol. The van der Waals surface area contributed by atoms with Crippen molar-refractivity contribution in [2.45, 2.75) is 78.9 Å². The van der Waals surface area contributed by atoms with E-state index in [9.17, 15) is 28.8 Å². The van der Waals surface area contributed by atoms with Crippen molar-refractivity contribution < 1.29 is 43.0 Å². The lowest BCUT2D eigenvalue weighted by molar-refractivity contribution is -0.167. The molecule has 1 fully saturated rings. The highest BCUT2D eigenvalue weighted by molar-refractivity contribution is 5.91. The van der Waals surface area contributed by atoms with Gasteiger partial charge in [-0.2, -0.15) is 0 Å². The molecule has 0 spiro atoms. The molecule has 38 heavy (non-hydrogen) atoms. The first kappa shape index (κ1) is 32.8. The Bertz CT molecular complexity index is 878. The van der Waals surface area contributed by atoms with E-state index in [-0.39, 0.29) is 17.8 Å². The van der Waals surface area contributed by atoms with E-state index < -0.39 is 73.6 Å². The third-order valence-corrected chi connectivity index (χ3v) is 7.27. The molecule has 1 aliphatic heterocycles. The van der Waals surface area contributed by atoms with Gasteiger partial charge in [-0.25, -0.2) is 14.4 Å². The summed E-state index contributed by atoms with van der Waals surface area (Å²) in [5.74, 6) is -5.46. The van der Waals surface area contributed by atoms with Crippen LogP contribution in [0.1, 0.15) is 60.8 Å². The molecule has 0 saturated carbocycles. The van der Waals surface area contributed by atoms with Gasteiger partial charge in [-0.3, -0.25) is 14.4 Å². The minimum absolute atomic E-state index is 0.333. The standard InChI is InChI=1S/C26H43N3O9/c1-9-15(4)21-24(33)37-13-19(31)28(7)23(17(6)11-3)26(35)38-14-20(32)29(8)22(16(5)10-2)25(34)36-12-18(30)27-21/h15-17,21-23H,9-14H2,1-8H3,(H,27,30). The molecule has 6 unspecified atom stereocenters. The second-order valence-corrected chi connectivity index (χ2v) is 9.92. The van der Waals surface area contributed by atoms with E-state index in [0.29, 0.717) is 19.3 Å². The number of rotatable bonds is 6. The number of likely N-dealkylation sites (N-methyl/N-ethyl adjacent to an activating group) is 2. The van der Waals surface area contributed by atoms with Crippen molar-refractivity contribution in [3.05, 3.63) is 0 Å². The summed E-state index contributed by atoms with van der Waals surface area (Å²) < 4.78 is 15.7. The Morgan fingerprint density at radius 1 is 0.658 bits per heavy atom. The Morgan fingerprint density at radius 2 is 1.03 bits per heavy atom. The van der Waals surface area contributed by atoms with Crippen LogP contribution in [0, 0.1) is 17.8 Å². The zero-order chi connectivity index (χ0) is 29.2. The first-order valence-corrected chi connectivity index (χ1v) is 13.1. The van der Waals surface area contributed by atoms with Crippen LogP contribution in [0.25, 0.3) is 0 Å². The lowest BCUT2D eigenvalue weighted by atomic mass is 9.97. The van der Waals surface area contributed by atoms with E-state index in [4.69, 9.17) is 14.2 Å². The van der Waals surface area contributed by atoms with Gasteiger partial charge in [0.2, 0.25) is 0 Å². The minimum Gasteiger partial charge on any atom is -0.454 e. The van der Waals surface area contributed by atoms with Crippen molar-refractivity contribution in [1.82, 2.24) is 15.1 Å². The lowest BCUT2D eigenvalue weighted by Crippen LogP contribution is -2.52. The van der Waals surface area contributed by atoms with E-state index in [2.05, 4.69) is 5.32 Å². The summed E-state index contributed by atoms with van der Waals surface area (Å²) in [6, 6.07) is -3.17. The zero-order valence-electron chi connectivity index (χ0n) is 23.8. The van der Waals surface area contributed by atoms with Crippen LogP contribution in [0.4, 0.5) is 0 Å². The highest BCUT2D eigenvalue weighted by Gasteiger charge is 2.37. The molecule has 0 aliphatic carbocycles. The normalized spacial score (nSPS) is 25.8. The number of carbonyl (C=O) groups excluding carboxylic acids is 6. The monoisotopic (exact) mass is 541 g/mol. The van der Waals surface area contributed by atoms with Crippen LogP contribution < -0.4 is 5.32 Å². The number of hydrogen-bond acceptors (Lipinski definition) is 9. The van der Waals surface area contributed by atoms with Gasteiger partial charge in [0.25, 0.3) is 17.7 Å². The largest absolute Gasteiger partial charge is 0.454 e. The van der Waals surface area contributed by atoms with Crippen LogP contribution in [0.3, 0.4) is 0 Å². The molecule has 12 heteroatoms. The van der Waals surface area contributed by atoms with Gasteiger partial charge in [0.1, 0.15) is 18.1 Å². The summed E-state index contributed by atoms with van der Waals surface area (Å²) in [5.41, 5.74) is 0. The van der Waals surface area contributed by atoms with Crippen LogP contribution in [0.5, 0.6) is 0 Å². The number of nitrogens with zero attached hydrogens (tertiary/aromatic N) is 2.